The van der Waals surface area contributed by atoms with Crippen molar-refractivity contribution in [3.63, 3.8) is 0 Å². The van der Waals surface area contributed by atoms with Gasteiger partial charge in [-0.05, 0) is 31.1 Å². The van der Waals surface area contributed by atoms with Gasteiger partial charge in [0.2, 0.25) is 0 Å². The third-order valence-electron chi connectivity index (χ3n) is 5.41. The van der Waals surface area contributed by atoms with Crippen LogP contribution in [0.15, 0.2) is 0 Å². The van der Waals surface area contributed by atoms with Gasteiger partial charge in [0.15, 0.2) is 5.78 Å². The summed E-state index contributed by atoms with van der Waals surface area (Å²) in [5.41, 5.74) is -0.182. The topological polar surface area (TPSA) is 107 Å². The van der Waals surface area contributed by atoms with E-state index >= 15 is 0 Å². The van der Waals surface area contributed by atoms with Crippen molar-refractivity contribution in [2.45, 2.75) is 99.3 Å². The van der Waals surface area contributed by atoms with Crippen LogP contribution in [0.5, 0.6) is 0 Å². The Morgan fingerprint density at radius 2 is 1.36 bits per heavy atom. The predicted molar refractivity (Wildman–Crippen MR) is 128 cm³/mol. The van der Waals surface area contributed by atoms with E-state index in [1.807, 2.05) is 20.8 Å². The lowest BCUT2D eigenvalue weighted by atomic mass is 9.88. The van der Waals surface area contributed by atoms with Gasteiger partial charge in [0.05, 0.1) is 19.1 Å². The van der Waals surface area contributed by atoms with Crippen LogP contribution in [-0.2, 0) is 28.7 Å². The lowest BCUT2D eigenvalue weighted by Gasteiger charge is -2.17. The molecular formula is C26H46O7. The highest BCUT2D eigenvalue weighted by Gasteiger charge is 2.22. The molecule has 0 amide bonds. The van der Waals surface area contributed by atoms with Crippen LogP contribution in [0.2, 0.25) is 0 Å². The minimum absolute atomic E-state index is 0.00103. The van der Waals surface area contributed by atoms with Gasteiger partial charge in [-0.2, -0.15) is 0 Å². The molecule has 7 nitrogen and oxygen atoms in total. The normalized spacial score (nSPS) is 13.0. The molecule has 1 N–H and O–H groups in total. The number of hydrogen-bond acceptors (Lipinski definition) is 6. The maximum atomic E-state index is 12.1. The number of aliphatic carboxylic acids is 1. The molecule has 7 heteroatoms. The standard InChI is InChI=1S/C26H46O7/c1-25(2,3)14-8-7-10-22(28)18-20(24(30)31)12-13-21(27)11-9-15-32-16-17-33-19-23(29)26(4,5)6/h20H,7-19H2,1-6H3,(H,30,31)/t20-/m1/s1. The molecule has 1 atom stereocenters. The van der Waals surface area contributed by atoms with Crippen molar-refractivity contribution < 1.29 is 33.8 Å². The molecule has 0 aromatic rings. The molecule has 0 aliphatic rings. The molecule has 0 aromatic heterocycles. The highest BCUT2D eigenvalue weighted by molar-refractivity contribution is 5.85. The van der Waals surface area contributed by atoms with Crippen molar-refractivity contribution in [1.29, 1.82) is 0 Å². The Morgan fingerprint density at radius 3 is 1.94 bits per heavy atom. The van der Waals surface area contributed by atoms with E-state index in [2.05, 4.69) is 20.8 Å². The van der Waals surface area contributed by atoms with Gasteiger partial charge in [-0.25, -0.2) is 0 Å². The van der Waals surface area contributed by atoms with Gasteiger partial charge in [-0.1, -0.05) is 48.0 Å². The Morgan fingerprint density at radius 1 is 0.758 bits per heavy atom. The summed E-state index contributed by atoms with van der Waals surface area (Å²) in [4.78, 5) is 47.4. The summed E-state index contributed by atoms with van der Waals surface area (Å²) in [5, 5.41) is 9.39. The number of Topliss-reactive ketones (excluding diaryl/α,β-unsaturated/α-hetero) is 3. The number of ketones is 3. The minimum atomic E-state index is -1.01. The molecule has 0 rings (SSSR count). The number of carbonyl (C=O) groups excluding carboxylic acids is 3. The minimum Gasteiger partial charge on any atom is -0.481 e. The number of carbonyl (C=O) groups is 4. The van der Waals surface area contributed by atoms with Crippen LogP contribution in [-0.4, -0.2) is 54.9 Å². The molecule has 0 aliphatic carbocycles. The molecule has 0 fully saturated rings. The highest BCUT2D eigenvalue weighted by atomic mass is 16.5. The van der Waals surface area contributed by atoms with Crippen molar-refractivity contribution in [2.75, 3.05) is 26.4 Å². The van der Waals surface area contributed by atoms with Gasteiger partial charge in [-0.15, -0.1) is 0 Å². The maximum absolute atomic E-state index is 12.1. The molecule has 0 spiro atoms. The van der Waals surface area contributed by atoms with Gasteiger partial charge in [0.1, 0.15) is 18.2 Å². The predicted octanol–water partition coefficient (Wildman–Crippen LogP) is 5.03. The first-order chi connectivity index (χ1) is 15.2. The van der Waals surface area contributed by atoms with Crippen LogP contribution < -0.4 is 0 Å². The summed E-state index contributed by atoms with van der Waals surface area (Å²) < 4.78 is 10.7. The largest absolute Gasteiger partial charge is 0.481 e. The van der Waals surface area contributed by atoms with E-state index < -0.39 is 17.3 Å². The van der Waals surface area contributed by atoms with E-state index in [1.165, 1.54) is 0 Å². The third-order valence-corrected chi connectivity index (χ3v) is 5.41. The van der Waals surface area contributed by atoms with Gasteiger partial charge in [0.25, 0.3) is 0 Å². The Bertz CT molecular complexity index is 611. The second-order valence-electron chi connectivity index (χ2n) is 11.1. The maximum Gasteiger partial charge on any atom is 0.306 e. The van der Waals surface area contributed by atoms with E-state index in [0.717, 1.165) is 19.3 Å². The molecule has 0 aromatic carbocycles. The Labute approximate surface area is 200 Å². The van der Waals surface area contributed by atoms with Crippen LogP contribution in [0, 0.1) is 16.7 Å². The van der Waals surface area contributed by atoms with Crippen molar-refractivity contribution in [2.24, 2.45) is 16.7 Å². The molecular weight excluding hydrogens is 424 g/mol. The van der Waals surface area contributed by atoms with Crippen LogP contribution in [0.25, 0.3) is 0 Å². The lowest BCUT2D eigenvalue weighted by molar-refractivity contribution is -0.144. The monoisotopic (exact) mass is 470 g/mol. The summed E-state index contributed by atoms with van der Waals surface area (Å²) in [5.74, 6) is -1.83. The quantitative estimate of drug-likeness (QED) is 0.264. The van der Waals surface area contributed by atoms with Gasteiger partial charge in [-0.3, -0.25) is 19.2 Å². The molecule has 0 heterocycles. The first kappa shape index (κ1) is 31.4. The molecule has 0 unspecified atom stereocenters. The number of hydrogen-bond donors (Lipinski definition) is 1. The smallest absolute Gasteiger partial charge is 0.306 e. The molecule has 33 heavy (non-hydrogen) atoms. The third kappa shape index (κ3) is 18.5. The SMILES string of the molecule is CC(C)(C)CCCCC(=O)C[C@@H](CCC(=O)CCCOCCOCC(=O)C(C)(C)C)C(=O)O. The second kappa shape index (κ2) is 16.1. The van der Waals surface area contributed by atoms with E-state index in [9.17, 15) is 24.3 Å². The van der Waals surface area contributed by atoms with Crippen LogP contribution in [0.3, 0.4) is 0 Å². The van der Waals surface area contributed by atoms with E-state index in [-0.39, 0.29) is 48.6 Å². The molecule has 0 bridgehead atoms. The zero-order chi connectivity index (χ0) is 25.5. The van der Waals surface area contributed by atoms with Crippen LogP contribution >= 0.6 is 0 Å². The zero-order valence-corrected chi connectivity index (χ0v) is 21.7. The number of rotatable bonds is 19. The summed E-state index contributed by atoms with van der Waals surface area (Å²) in [6, 6.07) is 0. The first-order valence-electron chi connectivity index (χ1n) is 12.2. The fraction of sp³-hybridized carbons (Fsp3) is 0.846. The fourth-order valence-electron chi connectivity index (χ4n) is 3.10. The van der Waals surface area contributed by atoms with Gasteiger partial charge in [0, 0.05) is 37.7 Å². The molecule has 0 radical (unpaired) electrons. The Hall–Kier alpha value is -1.60. The van der Waals surface area contributed by atoms with Crippen molar-refractivity contribution >= 4 is 23.3 Å². The van der Waals surface area contributed by atoms with E-state index in [1.54, 1.807) is 0 Å². The zero-order valence-electron chi connectivity index (χ0n) is 21.7. The first-order valence-corrected chi connectivity index (χ1v) is 12.2. The van der Waals surface area contributed by atoms with Crippen molar-refractivity contribution in [3.8, 4) is 0 Å². The average molecular weight is 471 g/mol. The summed E-state index contributed by atoms with van der Waals surface area (Å²) in [6.45, 7) is 13.1. The number of unbranched alkanes of at least 4 members (excludes halogenated alkanes) is 1. The van der Waals surface area contributed by atoms with Crippen LogP contribution in [0.1, 0.15) is 99.3 Å². The Kier molecular flexibility index (Phi) is 15.3. The number of carboxylic acid groups (broad SMARTS) is 1. The molecule has 0 saturated heterocycles. The van der Waals surface area contributed by atoms with E-state index in [4.69, 9.17) is 9.47 Å². The van der Waals surface area contributed by atoms with Crippen molar-refractivity contribution in [3.05, 3.63) is 0 Å². The van der Waals surface area contributed by atoms with Crippen molar-refractivity contribution in [1.82, 2.24) is 0 Å². The molecule has 0 aliphatic heterocycles. The number of carboxylic acids is 1. The molecule has 192 valence electrons. The van der Waals surface area contributed by atoms with Gasteiger partial charge >= 0.3 is 5.97 Å². The fourth-order valence-corrected chi connectivity index (χ4v) is 3.10. The Balaban J connectivity index is 3.93. The summed E-state index contributed by atoms with van der Waals surface area (Å²) in [7, 11) is 0. The van der Waals surface area contributed by atoms with Crippen LogP contribution in [0.4, 0.5) is 0 Å². The highest BCUT2D eigenvalue weighted by Crippen LogP contribution is 2.23. The van der Waals surface area contributed by atoms with Gasteiger partial charge < -0.3 is 14.6 Å². The lowest BCUT2D eigenvalue weighted by Crippen LogP contribution is -2.25. The average Bonchev–Trinajstić information content (AvgIpc) is 2.68. The second-order valence-corrected chi connectivity index (χ2v) is 11.1. The summed E-state index contributed by atoms with van der Waals surface area (Å²) >= 11 is 0. The molecule has 0 saturated carbocycles. The number of ether oxygens (including phenoxy) is 2. The summed E-state index contributed by atoms with van der Waals surface area (Å²) in [6.07, 6.45) is 4.38. The van der Waals surface area contributed by atoms with E-state index in [0.29, 0.717) is 39.1 Å².